The number of hydrogen-bond acceptors (Lipinski definition) is 3. The van der Waals surface area contributed by atoms with E-state index >= 15 is 0 Å². The third-order valence-electron chi connectivity index (χ3n) is 4.24. The summed E-state index contributed by atoms with van der Waals surface area (Å²) in [6.45, 7) is 5.66. The number of rotatable bonds is 8. The van der Waals surface area contributed by atoms with Crippen molar-refractivity contribution < 1.29 is 4.79 Å². The van der Waals surface area contributed by atoms with Gasteiger partial charge in [-0.05, 0) is 71.5 Å². The normalized spacial score (nSPS) is 24.1. The highest BCUT2D eigenvalue weighted by atomic mass is 16.1. The van der Waals surface area contributed by atoms with Gasteiger partial charge >= 0.3 is 0 Å². The van der Waals surface area contributed by atoms with Gasteiger partial charge in [-0.1, -0.05) is 0 Å². The number of unbranched alkanes of at least 4 members (excludes halogenated alkanes) is 1. The minimum absolute atomic E-state index is 0.199. The minimum atomic E-state index is -0.494. The van der Waals surface area contributed by atoms with Crippen LogP contribution in [0, 0.1) is 0 Å². The first-order valence-electron chi connectivity index (χ1n) is 7.40. The first-order valence-corrected chi connectivity index (χ1v) is 7.40. The van der Waals surface area contributed by atoms with Crippen LogP contribution in [0.15, 0.2) is 0 Å². The number of nitrogens with zero attached hydrogens (tertiary/aromatic N) is 1. The molecule has 1 aliphatic heterocycles. The van der Waals surface area contributed by atoms with Gasteiger partial charge < -0.3 is 16.0 Å². The van der Waals surface area contributed by atoms with Crippen LogP contribution in [0.2, 0.25) is 0 Å². The number of hydrogen-bond donors (Lipinski definition) is 2. The molecule has 3 N–H and O–H groups in total. The van der Waals surface area contributed by atoms with E-state index in [0.29, 0.717) is 6.04 Å². The van der Waals surface area contributed by atoms with Crippen molar-refractivity contribution in [2.45, 2.75) is 63.5 Å². The smallest absolute Gasteiger partial charge is 0.237 e. The zero-order valence-corrected chi connectivity index (χ0v) is 11.6. The van der Waals surface area contributed by atoms with Crippen molar-refractivity contribution >= 4 is 5.91 Å². The lowest BCUT2D eigenvalue weighted by molar-refractivity contribution is -0.124. The number of carbonyl (C=O) groups excluding carboxylic acids is 1. The SMILES string of the molecule is CC(CCCCN1CCCC1)(NC1CC1)C(N)=O. The maximum absolute atomic E-state index is 11.6. The number of likely N-dealkylation sites (tertiary alicyclic amines) is 1. The molecular formula is C14H27N3O. The first kappa shape index (κ1) is 13.8. The Morgan fingerprint density at radius 3 is 2.56 bits per heavy atom. The van der Waals surface area contributed by atoms with Crippen LogP contribution in [0.25, 0.3) is 0 Å². The van der Waals surface area contributed by atoms with Crippen LogP contribution in [0.4, 0.5) is 0 Å². The van der Waals surface area contributed by atoms with Crippen LogP contribution >= 0.6 is 0 Å². The van der Waals surface area contributed by atoms with Gasteiger partial charge in [0.25, 0.3) is 0 Å². The maximum atomic E-state index is 11.6. The second kappa shape index (κ2) is 6.02. The zero-order valence-electron chi connectivity index (χ0n) is 11.6. The molecule has 4 heteroatoms. The summed E-state index contributed by atoms with van der Waals surface area (Å²) in [7, 11) is 0. The van der Waals surface area contributed by atoms with Crippen molar-refractivity contribution in [1.29, 1.82) is 0 Å². The molecule has 4 nitrogen and oxygen atoms in total. The van der Waals surface area contributed by atoms with Crippen molar-refractivity contribution in [2.75, 3.05) is 19.6 Å². The predicted octanol–water partition coefficient (Wildman–Crippen LogP) is 1.25. The summed E-state index contributed by atoms with van der Waals surface area (Å²) in [5, 5.41) is 3.41. The van der Waals surface area contributed by atoms with Crippen molar-refractivity contribution in [1.82, 2.24) is 10.2 Å². The molecule has 0 radical (unpaired) electrons. The third-order valence-corrected chi connectivity index (χ3v) is 4.24. The van der Waals surface area contributed by atoms with Crippen LogP contribution in [0.1, 0.15) is 51.9 Å². The molecule has 1 atom stereocenters. The van der Waals surface area contributed by atoms with Gasteiger partial charge in [0.2, 0.25) is 5.91 Å². The summed E-state index contributed by atoms with van der Waals surface area (Å²) >= 11 is 0. The molecule has 1 saturated heterocycles. The summed E-state index contributed by atoms with van der Waals surface area (Å²) in [6.07, 6.45) is 8.20. The van der Waals surface area contributed by atoms with E-state index in [1.54, 1.807) is 0 Å². The monoisotopic (exact) mass is 253 g/mol. The lowest BCUT2D eigenvalue weighted by Gasteiger charge is -2.28. The number of carbonyl (C=O) groups is 1. The molecule has 1 aliphatic carbocycles. The molecule has 0 aromatic heterocycles. The van der Waals surface area contributed by atoms with E-state index in [0.717, 1.165) is 12.8 Å². The Morgan fingerprint density at radius 1 is 1.33 bits per heavy atom. The molecule has 1 amide bonds. The predicted molar refractivity (Wildman–Crippen MR) is 73.3 cm³/mol. The standard InChI is InChI=1S/C14H27N3O/c1-14(13(15)18,16-12-6-7-12)8-2-3-9-17-10-4-5-11-17/h12,16H,2-11H2,1H3,(H2,15,18). The zero-order chi connectivity index (χ0) is 13.0. The lowest BCUT2D eigenvalue weighted by atomic mass is 9.93. The number of nitrogens with one attached hydrogen (secondary N) is 1. The van der Waals surface area contributed by atoms with Gasteiger partial charge in [0.05, 0.1) is 5.54 Å². The highest BCUT2D eigenvalue weighted by Crippen LogP contribution is 2.25. The Kier molecular flexibility index (Phi) is 4.62. The van der Waals surface area contributed by atoms with E-state index in [1.807, 2.05) is 6.92 Å². The Balaban J connectivity index is 1.66. The van der Waals surface area contributed by atoms with Crippen molar-refractivity contribution in [3.8, 4) is 0 Å². The largest absolute Gasteiger partial charge is 0.368 e. The molecule has 0 aromatic carbocycles. The van der Waals surface area contributed by atoms with E-state index < -0.39 is 5.54 Å². The molecule has 2 aliphatic rings. The summed E-state index contributed by atoms with van der Waals surface area (Å²) in [4.78, 5) is 14.1. The average Bonchev–Trinajstić information content (AvgIpc) is 2.97. The fraction of sp³-hybridized carbons (Fsp3) is 0.929. The third kappa shape index (κ3) is 3.95. The second-order valence-electron chi connectivity index (χ2n) is 6.12. The Labute approximate surface area is 110 Å². The lowest BCUT2D eigenvalue weighted by Crippen LogP contribution is -2.54. The van der Waals surface area contributed by atoms with Gasteiger partial charge in [-0.2, -0.15) is 0 Å². The summed E-state index contributed by atoms with van der Waals surface area (Å²) in [6, 6.07) is 0.529. The van der Waals surface area contributed by atoms with Gasteiger partial charge in [0.15, 0.2) is 0 Å². The average molecular weight is 253 g/mol. The second-order valence-corrected chi connectivity index (χ2v) is 6.12. The van der Waals surface area contributed by atoms with Crippen LogP contribution in [-0.2, 0) is 4.79 Å². The molecule has 2 fully saturated rings. The Morgan fingerprint density at radius 2 is 2.00 bits per heavy atom. The molecule has 0 aromatic rings. The number of primary amides is 1. The fourth-order valence-corrected chi connectivity index (χ4v) is 2.76. The van der Waals surface area contributed by atoms with E-state index in [2.05, 4.69) is 10.2 Å². The van der Waals surface area contributed by atoms with E-state index in [9.17, 15) is 4.79 Å². The molecule has 2 rings (SSSR count). The molecule has 18 heavy (non-hydrogen) atoms. The van der Waals surface area contributed by atoms with E-state index in [1.165, 1.54) is 51.7 Å². The Bertz CT molecular complexity index is 285. The van der Waals surface area contributed by atoms with Crippen molar-refractivity contribution in [3.63, 3.8) is 0 Å². The fourth-order valence-electron chi connectivity index (χ4n) is 2.76. The number of amides is 1. The molecular weight excluding hydrogens is 226 g/mol. The molecule has 104 valence electrons. The van der Waals surface area contributed by atoms with E-state index in [-0.39, 0.29) is 5.91 Å². The summed E-state index contributed by atoms with van der Waals surface area (Å²) in [5.41, 5.74) is 5.05. The van der Waals surface area contributed by atoms with Crippen LogP contribution in [0.3, 0.4) is 0 Å². The maximum Gasteiger partial charge on any atom is 0.237 e. The molecule has 0 spiro atoms. The van der Waals surface area contributed by atoms with Crippen LogP contribution in [-0.4, -0.2) is 42.0 Å². The van der Waals surface area contributed by atoms with Crippen LogP contribution in [0.5, 0.6) is 0 Å². The molecule has 0 bridgehead atoms. The first-order chi connectivity index (χ1) is 8.60. The molecule has 1 unspecified atom stereocenters. The highest BCUT2D eigenvalue weighted by Gasteiger charge is 2.36. The minimum Gasteiger partial charge on any atom is -0.368 e. The topological polar surface area (TPSA) is 58.4 Å². The number of nitrogens with two attached hydrogens (primary N) is 1. The molecule has 1 heterocycles. The summed E-state index contributed by atoms with van der Waals surface area (Å²) in [5.74, 6) is -0.199. The summed E-state index contributed by atoms with van der Waals surface area (Å²) < 4.78 is 0. The van der Waals surface area contributed by atoms with Gasteiger partial charge in [-0.3, -0.25) is 4.79 Å². The van der Waals surface area contributed by atoms with Gasteiger partial charge in [0.1, 0.15) is 0 Å². The van der Waals surface area contributed by atoms with Gasteiger partial charge in [-0.15, -0.1) is 0 Å². The quantitative estimate of drug-likeness (QED) is 0.640. The Hall–Kier alpha value is -0.610. The van der Waals surface area contributed by atoms with Gasteiger partial charge in [-0.25, -0.2) is 0 Å². The van der Waals surface area contributed by atoms with Crippen LogP contribution < -0.4 is 11.1 Å². The van der Waals surface area contributed by atoms with Crippen molar-refractivity contribution in [2.24, 2.45) is 5.73 Å². The highest BCUT2D eigenvalue weighted by molar-refractivity contribution is 5.84. The van der Waals surface area contributed by atoms with Gasteiger partial charge in [0, 0.05) is 6.04 Å². The van der Waals surface area contributed by atoms with E-state index in [4.69, 9.17) is 5.73 Å². The molecule has 1 saturated carbocycles. The van der Waals surface area contributed by atoms with Crippen molar-refractivity contribution in [3.05, 3.63) is 0 Å².